The number of rotatable bonds is 0. The van der Waals surface area contributed by atoms with Gasteiger partial charge in [-0.25, -0.2) is 0 Å². The summed E-state index contributed by atoms with van der Waals surface area (Å²) in [7, 11) is 8.75. The minimum Gasteiger partial charge on any atom is -1.00 e. The molecule has 0 aromatic carbocycles. The van der Waals surface area contributed by atoms with Gasteiger partial charge in [-0.05, 0) is 0 Å². The van der Waals surface area contributed by atoms with Gasteiger partial charge in [0.1, 0.15) is 0 Å². The van der Waals surface area contributed by atoms with Crippen molar-refractivity contribution in [2.75, 3.05) is 35.3 Å². The Bertz CT molecular complexity index is 16.9. The average Bonchev–Trinajstić information content (AvgIpc) is 1.75. The normalized spacial score (nSPS) is 4.67. The molecule has 0 fully saturated rings. The summed E-state index contributed by atoms with van der Waals surface area (Å²) >= 11 is 0. The van der Waals surface area contributed by atoms with Crippen molar-refractivity contribution in [3.05, 3.63) is 0 Å². The van der Waals surface area contributed by atoms with Gasteiger partial charge < -0.3 is 32.7 Å². The highest BCUT2D eigenvalue weighted by Crippen LogP contribution is 0.589. The van der Waals surface area contributed by atoms with E-state index in [0.29, 0.717) is 0 Å². The minimum atomic E-state index is 0. The second kappa shape index (κ2) is 81.3. The summed E-state index contributed by atoms with van der Waals surface area (Å²) in [5.41, 5.74) is 0. The van der Waals surface area contributed by atoms with Crippen LogP contribution < -0.4 is 32.7 Å². The molecule has 0 spiro atoms. The van der Waals surface area contributed by atoms with Crippen molar-refractivity contribution >= 4 is 0 Å². The molecule has 0 amide bonds. The van der Waals surface area contributed by atoms with Gasteiger partial charge >= 0.3 is 0 Å². The van der Waals surface area contributed by atoms with E-state index in [1.807, 2.05) is 38.8 Å². The van der Waals surface area contributed by atoms with Gasteiger partial charge in [0.05, 0.1) is 28.2 Å². The monoisotopic (exact) mass is 202 g/mol. The Morgan fingerprint density at radius 3 is 0.778 bits per heavy atom. The van der Waals surface area contributed by atoms with E-state index in [1.54, 1.807) is 0 Å². The van der Waals surface area contributed by atoms with Crippen LogP contribution in [-0.4, -0.2) is 35.3 Å². The number of halogens is 1. The van der Waals surface area contributed by atoms with Gasteiger partial charge in [0.15, 0.2) is 0 Å². The van der Waals surface area contributed by atoms with Crippen molar-refractivity contribution in [2.24, 2.45) is 0 Å². The van der Waals surface area contributed by atoms with Crippen LogP contribution in [0.4, 0.5) is 0 Å². The fraction of sp³-hybridized carbons (Fsp3) is 1.00. The van der Waals surface area contributed by atoms with Crippen LogP contribution in [0.2, 0.25) is 0 Å². The number of hydrogen-bond acceptors (Lipinski definition) is 1. The molecule has 0 aliphatic rings. The Morgan fingerprint density at radius 1 is 0.778 bits per heavy atom. The molecule has 4 N–H and O–H groups in total. The van der Waals surface area contributed by atoms with Crippen molar-refractivity contribution in [3.8, 4) is 0 Å². The summed E-state index contributed by atoms with van der Waals surface area (Å²) < 4.78 is 0. The van der Waals surface area contributed by atoms with E-state index >= 15 is 0 Å². The molecule has 4 heteroatoms. The molecule has 62 valence electrons. The van der Waals surface area contributed by atoms with Gasteiger partial charge in [-0.2, -0.15) is 7.11 Å². The first-order chi connectivity index (χ1) is 3.83. The molecular weight excluding hydrogens is 184 g/mol. The Hall–Kier alpha value is 0.360. The molecule has 0 saturated heterocycles. The van der Waals surface area contributed by atoms with Crippen molar-refractivity contribution in [2.45, 2.75) is 0 Å². The summed E-state index contributed by atoms with van der Waals surface area (Å²) in [4.78, 5) is 0. The summed E-state index contributed by atoms with van der Waals surface area (Å²) in [5, 5.41) is 12.2. The zero-order valence-electron chi connectivity index (χ0n) is 6.94. The minimum absolute atomic E-state index is 0. The van der Waals surface area contributed by atoms with Crippen molar-refractivity contribution in [1.29, 1.82) is 0 Å². The highest BCUT2D eigenvalue weighted by atomic mass is 79.9. The molecule has 0 aliphatic heterocycles. The summed E-state index contributed by atoms with van der Waals surface area (Å²) in [6.07, 6.45) is 0. The first kappa shape index (κ1) is 22.8. The van der Waals surface area contributed by atoms with Gasteiger partial charge in [0.2, 0.25) is 0 Å². The zero-order valence-corrected chi connectivity index (χ0v) is 8.53. The van der Waals surface area contributed by atoms with E-state index in [1.165, 1.54) is 0 Å². The van der Waals surface area contributed by atoms with Crippen LogP contribution in [-0.2, 0) is 0 Å². The molecule has 0 saturated carbocycles. The zero-order chi connectivity index (χ0) is 7.41. The lowest BCUT2D eigenvalue weighted by Crippen LogP contribution is -3.00. The molecule has 0 heterocycles. The third kappa shape index (κ3) is 2610. The van der Waals surface area contributed by atoms with Crippen LogP contribution in [0.3, 0.4) is 0 Å². The predicted molar refractivity (Wildman–Crippen MR) is 33.5 cm³/mol. The third-order valence-electron chi connectivity index (χ3n) is 0. The molecule has 0 aromatic rings. The first-order valence-corrected chi connectivity index (χ1v) is 2.72. The summed E-state index contributed by atoms with van der Waals surface area (Å²) in [6.45, 7) is 0. The summed E-state index contributed by atoms with van der Waals surface area (Å²) in [6, 6.07) is 0. The Balaban J connectivity index is -0.0000000202. The molecule has 0 unspecified atom stereocenters. The van der Waals surface area contributed by atoms with Gasteiger partial charge in [-0.15, -0.1) is 0 Å². The molecule has 0 aromatic heterocycles. The number of hydrogen-bond donors (Lipinski definition) is 2. The van der Waals surface area contributed by atoms with Gasteiger partial charge in [-0.3, -0.25) is 0 Å². The van der Waals surface area contributed by atoms with Gasteiger partial charge in [-0.1, -0.05) is 0 Å². The Labute approximate surface area is 68.6 Å². The lowest BCUT2D eigenvalue weighted by Gasteiger charge is -1.57. The quantitative estimate of drug-likeness (QED) is 0.404. The van der Waals surface area contributed by atoms with Crippen molar-refractivity contribution in [3.63, 3.8) is 0 Å². The fourth-order valence-corrected chi connectivity index (χ4v) is 0. The van der Waals surface area contributed by atoms with Gasteiger partial charge in [0.25, 0.3) is 0 Å². The standard InChI is InChI=1S/2C2H7N.CH3O.BrH/c2*1-3-2;1-2;/h2*3H,1-2H3;1H3;1H/q;;-1;/p+1. The Kier molecular flexibility index (Phi) is 206. The molecule has 0 radical (unpaired) electrons. The second-order valence-corrected chi connectivity index (χ2v) is 1.15. The lowest BCUT2D eigenvalue weighted by molar-refractivity contribution is -0.597. The average molecular weight is 203 g/mol. The maximum Gasteiger partial charge on any atom is 0.0647 e. The summed E-state index contributed by atoms with van der Waals surface area (Å²) in [5.74, 6) is 0. The van der Waals surface area contributed by atoms with Crippen LogP contribution in [0.5, 0.6) is 0 Å². The Morgan fingerprint density at radius 2 is 0.778 bits per heavy atom. The van der Waals surface area contributed by atoms with E-state index in [2.05, 4.69) is 0 Å². The predicted octanol–water partition coefficient (Wildman–Crippen LogP) is -6.40. The van der Waals surface area contributed by atoms with Crippen molar-refractivity contribution < 1.29 is 32.7 Å². The molecule has 0 rings (SSSR count). The second-order valence-electron chi connectivity index (χ2n) is 1.15. The highest BCUT2D eigenvalue weighted by Gasteiger charge is 1.29. The molecule has 3 nitrogen and oxygen atoms in total. The SMILES string of the molecule is C[NH2+]C.C[NH2+]C.C[O-].[Br-]. The van der Waals surface area contributed by atoms with Crippen molar-refractivity contribution in [1.82, 2.24) is 0 Å². The maximum absolute atomic E-state index is 8.25. The molecular formula is C5H19BrN2O. The third-order valence-corrected chi connectivity index (χ3v) is 0. The van der Waals surface area contributed by atoms with Crippen LogP contribution >= 0.6 is 0 Å². The molecule has 0 atom stereocenters. The fourth-order valence-electron chi connectivity index (χ4n) is 0. The first-order valence-electron chi connectivity index (χ1n) is 2.72. The number of quaternary nitrogens is 2. The number of nitrogens with two attached hydrogens (primary N) is 2. The van der Waals surface area contributed by atoms with E-state index in [4.69, 9.17) is 5.11 Å². The van der Waals surface area contributed by atoms with E-state index < -0.39 is 0 Å². The smallest absolute Gasteiger partial charge is 0.0647 e. The van der Waals surface area contributed by atoms with Crippen LogP contribution in [0.25, 0.3) is 0 Å². The molecule has 0 aliphatic carbocycles. The maximum atomic E-state index is 8.25. The lowest BCUT2D eigenvalue weighted by atomic mass is 11.3. The van der Waals surface area contributed by atoms with Gasteiger partial charge in [0, 0.05) is 0 Å². The van der Waals surface area contributed by atoms with Crippen LogP contribution in [0, 0.1) is 0 Å². The van der Waals surface area contributed by atoms with Crippen LogP contribution in [0.1, 0.15) is 0 Å². The van der Waals surface area contributed by atoms with Crippen LogP contribution in [0.15, 0.2) is 0 Å². The van der Waals surface area contributed by atoms with E-state index in [9.17, 15) is 0 Å². The topological polar surface area (TPSA) is 56.3 Å². The van der Waals surface area contributed by atoms with E-state index in [0.717, 1.165) is 7.11 Å². The largest absolute Gasteiger partial charge is 1.00 e. The molecule has 9 heavy (non-hydrogen) atoms. The molecule has 0 bridgehead atoms. The van der Waals surface area contributed by atoms with E-state index in [-0.39, 0.29) is 17.0 Å². The highest BCUT2D eigenvalue weighted by molar-refractivity contribution is 3.35.